The SMILES string of the molecule is CCC(CC)N(CC(C)C)c1nccc(C#N)c1N. The van der Waals surface area contributed by atoms with Gasteiger partial charge >= 0.3 is 0 Å². The van der Waals surface area contributed by atoms with E-state index < -0.39 is 0 Å². The maximum atomic E-state index is 9.08. The molecule has 1 rings (SSSR count). The highest BCUT2D eigenvalue weighted by Gasteiger charge is 2.21. The topological polar surface area (TPSA) is 65.9 Å². The van der Waals surface area contributed by atoms with E-state index in [0.29, 0.717) is 23.2 Å². The smallest absolute Gasteiger partial charge is 0.153 e. The Labute approximate surface area is 116 Å². The molecule has 104 valence electrons. The first-order chi connectivity index (χ1) is 9.04. The highest BCUT2D eigenvalue weighted by Crippen LogP contribution is 2.27. The predicted molar refractivity (Wildman–Crippen MR) is 79.9 cm³/mol. The molecule has 0 saturated carbocycles. The highest BCUT2D eigenvalue weighted by molar-refractivity contribution is 5.70. The zero-order valence-electron chi connectivity index (χ0n) is 12.3. The molecule has 1 aromatic rings. The van der Waals surface area contributed by atoms with Crippen LogP contribution < -0.4 is 10.6 Å². The zero-order valence-corrected chi connectivity index (χ0v) is 12.3. The van der Waals surface area contributed by atoms with Gasteiger partial charge in [-0.1, -0.05) is 27.7 Å². The van der Waals surface area contributed by atoms with Gasteiger partial charge in [0.1, 0.15) is 6.07 Å². The number of aromatic nitrogens is 1. The number of nitrogen functional groups attached to an aromatic ring is 1. The number of pyridine rings is 1. The van der Waals surface area contributed by atoms with Crippen LogP contribution in [0.25, 0.3) is 0 Å². The van der Waals surface area contributed by atoms with Crippen LogP contribution in [0.15, 0.2) is 12.3 Å². The van der Waals surface area contributed by atoms with Crippen LogP contribution in [0.3, 0.4) is 0 Å². The van der Waals surface area contributed by atoms with Crippen LogP contribution in [0.5, 0.6) is 0 Å². The summed E-state index contributed by atoms with van der Waals surface area (Å²) in [5.74, 6) is 1.27. The lowest BCUT2D eigenvalue weighted by atomic mass is 10.1. The average molecular weight is 260 g/mol. The normalized spacial score (nSPS) is 10.8. The molecule has 0 aliphatic heterocycles. The lowest BCUT2D eigenvalue weighted by Gasteiger charge is -2.34. The van der Waals surface area contributed by atoms with Crippen LogP contribution in [0, 0.1) is 17.2 Å². The molecular weight excluding hydrogens is 236 g/mol. The minimum absolute atomic E-state index is 0.408. The van der Waals surface area contributed by atoms with Gasteiger partial charge in [-0.25, -0.2) is 4.98 Å². The number of hydrogen-bond acceptors (Lipinski definition) is 4. The summed E-state index contributed by atoms with van der Waals surface area (Å²) >= 11 is 0. The van der Waals surface area contributed by atoms with Crippen molar-refractivity contribution >= 4 is 11.5 Å². The fourth-order valence-electron chi connectivity index (χ4n) is 2.32. The van der Waals surface area contributed by atoms with Crippen molar-refractivity contribution in [1.82, 2.24) is 4.98 Å². The summed E-state index contributed by atoms with van der Waals surface area (Å²) < 4.78 is 0. The lowest BCUT2D eigenvalue weighted by Crippen LogP contribution is -2.38. The summed E-state index contributed by atoms with van der Waals surface area (Å²) in [4.78, 5) is 6.66. The average Bonchev–Trinajstić information content (AvgIpc) is 2.39. The third-order valence-corrected chi connectivity index (χ3v) is 3.31. The second-order valence-corrected chi connectivity index (χ2v) is 5.22. The maximum absolute atomic E-state index is 9.08. The van der Waals surface area contributed by atoms with Crippen LogP contribution in [0.4, 0.5) is 11.5 Å². The van der Waals surface area contributed by atoms with Crippen molar-refractivity contribution in [2.24, 2.45) is 5.92 Å². The molecule has 0 atom stereocenters. The van der Waals surface area contributed by atoms with E-state index in [1.807, 2.05) is 0 Å². The molecule has 0 fully saturated rings. The van der Waals surface area contributed by atoms with Gasteiger partial charge in [0.05, 0.1) is 11.3 Å². The van der Waals surface area contributed by atoms with Crippen LogP contribution >= 0.6 is 0 Å². The van der Waals surface area contributed by atoms with Gasteiger partial charge in [0.25, 0.3) is 0 Å². The molecule has 0 aliphatic rings. The fraction of sp³-hybridized carbons (Fsp3) is 0.600. The number of hydrogen-bond donors (Lipinski definition) is 1. The lowest BCUT2D eigenvalue weighted by molar-refractivity contribution is 0.504. The summed E-state index contributed by atoms with van der Waals surface area (Å²) in [6, 6.07) is 4.20. The third-order valence-electron chi connectivity index (χ3n) is 3.31. The van der Waals surface area contributed by atoms with E-state index in [9.17, 15) is 0 Å². The van der Waals surface area contributed by atoms with Crippen molar-refractivity contribution in [3.63, 3.8) is 0 Å². The van der Waals surface area contributed by atoms with Crippen LogP contribution in [-0.2, 0) is 0 Å². The molecule has 1 heterocycles. The Hall–Kier alpha value is -1.76. The van der Waals surface area contributed by atoms with E-state index in [0.717, 1.165) is 25.2 Å². The number of nitrogens with two attached hydrogens (primary N) is 1. The molecule has 1 aromatic heterocycles. The zero-order chi connectivity index (χ0) is 14.4. The predicted octanol–water partition coefficient (Wildman–Crippen LogP) is 3.19. The Morgan fingerprint density at radius 2 is 2.00 bits per heavy atom. The van der Waals surface area contributed by atoms with Crippen molar-refractivity contribution in [2.75, 3.05) is 17.2 Å². The number of rotatable bonds is 6. The molecular formula is C15H24N4. The van der Waals surface area contributed by atoms with E-state index in [1.54, 1.807) is 12.3 Å². The Balaban J connectivity index is 3.21. The summed E-state index contributed by atoms with van der Waals surface area (Å²) in [6.45, 7) is 9.61. The standard InChI is InChI=1S/C15H24N4/c1-5-13(6-2)19(10-11(3)4)15-14(17)12(9-16)7-8-18-15/h7-8,11,13H,5-6,10,17H2,1-4H3. The molecule has 0 saturated heterocycles. The minimum atomic E-state index is 0.408. The second-order valence-electron chi connectivity index (χ2n) is 5.22. The largest absolute Gasteiger partial charge is 0.395 e. The first-order valence-electron chi connectivity index (χ1n) is 6.96. The molecule has 0 spiro atoms. The molecule has 0 aromatic carbocycles. The number of nitrogens with zero attached hydrogens (tertiary/aromatic N) is 3. The van der Waals surface area contributed by atoms with Crippen molar-refractivity contribution in [2.45, 2.75) is 46.6 Å². The van der Waals surface area contributed by atoms with E-state index in [2.05, 4.69) is 43.6 Å². The number of nitriles is 1. The van der Waals surface area contributed by atoms with E-state index >= 15 is 0 Å². The van der Waals surface area contributed by atoms with Gasteiger partial charge in [0.2, 0.25) is 0 Å². The molecule has 0 amide bonds. The quantitative estimate of drug-likeness (QED) is 0.853. The number of anilines is 2. The molecule has 2 N–H and O–H groups in total. The highest BCUT2D eigenvalue weighted by atomic mass is 15.2. The molecule has 19 heavy (non-hydrogen) atoms. The van der Waals surface area contributed by atoms with E-state index in [-0.39, 0.29) is 0 Å². The summed E-state index contributed by atoms with van der Waals surface area (Å²) in [5, 5.41) is 9.08. The molecule has 0 bridgehead atoms. The van der Waals surface area contributed by atoms with E-state index in [1.165, 1.54) is 0 Å². The van der Waals surface area contributed by atoms with Gasteiger partial charge < -0.3 is 10.6 Å². The van der Waals surface area contributed by atoms with E-state index in [4.69, 9.17) is 11.0 Å². The van der Waals surface area contributed by atoms with Crippen LogP contribution in [-0.4, -0.2) is 17.6 Å². The molecule has 0 radical (unpaired) electrons. The van der Waals surface area contributed by atoms with Crippen molar-refractivity contribution in [3.8, 4) is 6.07 Å². The Bertz CT molecular complexity index is 444. The van der Waals surface area contributed by atoms with Gasteiger partial charge in [-0.2, -0.15) is 5.26 Å². The first kappa shape index (κ1) is 15.3. The molecule has 4 nitrogen and oxygen atoms in total. The van der Waals surface area contributed by atoms with Crippen LogP contribution in [0.2, 0.25) is 0 Å². The van der Waals surface area contributed by atoms with Gasteiger partial charge in [-0.3, -0.25) is 0 Å². The first-order valence-corrected chi connectivity index (χ1v) is 6.96. The summed E-state index contributed by atoms with van der Waals surface area (Å²) in [5.41, 5.74) is 7.09. The van der Waals surface area contributed by atoms with Gasteiger partial charge in [0.15, 0.2) is 5.82 Å². The van der Waals surface area contributed by atoms with Crippen molar-refractivity contribution in [3.05, 3.63) is 17.8 Å². The van der Waals surface area contributed by atoms with Gasteiger partial charge in [-0.15, -0.1) is 0 Å². The fourth-order valence-corrected chi connectivity index (χ4v) is 2.32. The maximum Gasteiger partial charge on any atom is 0.153 e. The van der Waals surface area contributed by atoms with Crippen LogP contribution in [0.1, 0.15) is 46.1 Å². The Morgan fingerprint density at radius 3 is 2.47 bits per heavy atom. The minimum Gasteiger partial charge on any atom is -0.395 e. The monoisotopic (exact) mass is 260 g/mol. The third kappa shape index (κ3) is 3.60. The summed E-state index contributed by atoms with van der Waals surface area (Å²) in [6.07, 6.45) is 3.75. The van der Waals surface area contributed by atoms with Gasteiger partial charge in [-0.05, 0) is 24.8 Å². The second kappa shape index (κ2) is 6.98. The molecule has 4 heteroatoms. The van der Waals surface area contributed by atoms with Crippen molar-refractivity contribution < 1.29 is 0 Å². The molecule has 0 unspecified atom stereocenters. The Morgan fingerprint density at radius 1 is 1.37 bits per heavy atom. The van der Waals surface area contributed by atoms with Crippen molar-refractivity contribution in [1.29, 1.82) is 5.26 Å². The molecule has 0 aliphatic carbocycles. The Kier molecular flexibility index (Phi) is 5.62. The summed E-state index contributed by atoms with van der Waals surface area (Å²) in [7, 11) is 0. The van der Waals surface area contributed by atoms with Gasteiger partial charge in [0, 0.05) is 18.8 Å².